The second-order valence-electron chi connectivity index (χ2n) is 6.44. The van der Waals surface area contributed by atoms with Gasteiger partial charge in [-0.05, 0) is 61.4 Å². The van der Waals surface area contributed by atoms with Crippen LogP contribution in [0.2, 0.25) is 0 Å². The fourth-order valence-corrected chi connectivity index (χ4v) is 3.12. The minimum atomic E-state index is -0.700. The molecule has 1 N–H and O–H groups in total. The molecule has 0 aliphatic rings. The van der Waals surface area contributed by atoms with E-state index in [9.17, 15) is 13.6 Å². The predicted octanol–water partition coefficient (Wildman–Crippen LogP) is 4.88. The van der Waals surface area contributed by atoms with Crippen LogP contribution in [0.15, 0.2) is 48.5 Å². The number of amides is 1. The number of hydrogen-bond donors (Lipinski definition) is 1. The molecular weight excluding hydrogens is 362 g/mol. The van der Waals surface area contributed by atoms with Crippen molar-refractivity contribution in [2.45, 2.75) is 20.3 Å². The van der Waals surface area contributed by atoms with Gasteiger partial charge in [0.25, 0.3) is 5.91 Å². The number of nitrogens with zero attached hydrogens (tertiary/aromatic N) is 1. The standard InChI is InChI=1S/C22H22F2N2O2/c1-4-11-25-22(27)18-13-21(15-5-8-17(28-3)9-6-15)26(14(18)2)20-10-7-16(23)12-19(20)24/h5-10,12-13H,4,11H2,1-3H3,(H,25,27). The molecule has 0 saturated heterocycles. The summed E-state index contributed by atoms with van der Waals surface area (Å²) in [4.78, 5) is 12.6. The van der Waals surface area contributed by atoms with E-state index in [-0.39, 0.29) is 11.6 Å². The van der Waals surface area contributed by atoms with Gasteiger partial charge in [0.05, 0.1) is 24.1 Å². The van der Waals surface area contributed by atoms with E-state index in [2.05, 4.69) is 5.32 Å². The molecular formula is C22H22F2N2O2. The molecule has 2 aromatic carbocycles. The molecule has 146 valence electrons. The van der Waals surface area contributed by atoms with Crippen molar-refractivity contribution < 1.29 is 18.3 Å². The number of rotatable bonds is 6. The quantitative estimate of drug-likeness (QED) is 0.658. The molecule has 0 aliphatic heterocycles. The minimum absolute atomic E-state index is 0.180. The molecule has 0 aliphatic carbocycles. The Bertz CT molecular complexity index is 995. The Balaban J connectivity index is 2.19. The average molecular weight is 384 g/mol. The van der Waals surface area contributed by atoms with Gasteiger partial charge in [0, 0.05) is 18.3 Å². The molecule has 6 heteroatoms. The summed E-state index contributed by atoms with van der Waals surface area (Å²) in [5.41, 5.74) is 2.61. The summed E-state index contributed by atoms with van der Waals surface area (Å²) < 4.78 is 34.8. The number of halogens is 2. The van der Waals surface area contributed by atoms with Crippen LogP contribution in [0.3, 0.4) is 0 Å². The van der Waals surface area contributed by atoms with Crippen LogP contribution in [0.1, 0.15) is 29.4 Å². The van der Waals surface area contributed by atoms with Gasteiger partial charge in [0.2, 0.25) is 0 Å². The van der Waals surface area contributed by atoms with Crippen LogP contribution in [-0.2, 0) is 0 Å². The monoisotopic (exact) mass is 384 g/mol. The first-order chi connectivity index (χ1) is 13.5. The maximum Gasteiger partial charge on any atom is 0.253 e. The van der Waals surface area contributed by atoms with Crippen LogP contribution in [0.5, 0.6) is 5.75 Å². The molecule has 0 bridgehead atoms. The highest BCUT2D eigenvalue weighted by molar-refractivity contribution is 5.97. The molecule has 3 aromatic rings. The Labute approximate surface area is 162 Å². The normalized spacial score (nSPS) is 10.8. The summed E-state index contributed by atoms with van der Waals surface area (Å²) in [6, 6.07) is 12.4. The van der Waals surface area contributed by atoms with Crippen molar-refractivity contribution >= 4 is 5.91 Å². The van der Waals surface area contributed by atoms with E-state index in [1.54, 1.807) is 36.8 Å². The summed E-state index contributed by atoms with van der Waals surface area (Å²) in [5, 5.41) is 2.85. The van der Waals surface area contributed by atoms with Crippen molar-refractivity contribution in [3.8, 4) is 22.7 Å². The Kier molecular flexibility index (Phi) is 5.78. The highest BCUT2D eigenvalue weighted by Gasteiger charge is 2.21. The molecule has 4 nitrogen and oxygen atoms in total. The lowest BCUT2D eigenvalue weighted by Crippen LogP contribution is -2.24. The third-order valence-corrected chi connectivity index (χ3v) is 4.56. The average Bonchev–Trinajstić information content (AvgIpc) is 3.03. The molecule has 0 unspecified atom stereocenters. The van der Waals surface area contributed by atoms with Gasteiger partial charge in [0.15, 0.2) is 0 Å². The topological polar surface area (TPSA) is 43.3 Å². The second-order valence-corrected chi connectivity index (χ2v) is 6.44. The van der Waals surface area contributed by atoms with Gasteiger partial charge in [-0.1, -0.05) is 6.92 Å². The highest BCUT2D eigenvalue weighted by atomic mass is 19.1. The molecule has 1 heterocycles. The lowest BCUT2D eigenvalue weighted by Gasteiger charge is -2.14. The second kappa shape index (κ2) is 8.25. The van der Waals surface area contributed by atoms with E-state index in [0.717, 1.165) is 18.1 Å². The molecule has 0 atom stereocenters. The molecule has 0 radical (unpaired) electrons. The van der Waals surface area contributed by atoms with E-state index in [4.69, 9.17) is 4.74 Å². The first kappa shape index (κ1) is 19.6. The number of ether oxygens (including phenoxy) is 1. The maximum absolute atomic E-state index is 14.6. The maximum atomic E-state index is 14.6. The van der Waals surface area contributed by atoms with Crippen molar-refractivity contribution in [1.29, 1.82) is 0 Å². The SMILES string of the molecule is CCCNC(=O)c1cc(-c2ccc(OC)cc2)n(-c2ccc(F)cc2F)c1C. The summed E-state index contributed by atoms with van der Waals surface area (Å²) in [6.45, 7) is 4.26. The smallest absolute Gasteiger partial charge is 0.253 e. The summed E-state index contributed by atoms with van der Waals surface area (Å²) in [5.74, 6) is -0.894. The summed E-state index contributed by atoms with van der Waals surface area (Å²) in [7, 11) is 1.58. The van der Waals surface area contributed by atoms with E-state index in [0.29, 0.717) is 29.2 Å². The zero-order chi connectivity index (χ0) is 20.3. The van der Waals surface area contributed by atoms with Crippen LogP contribution in [0, 0.1) is 18.6 Å². The lowest BCUT2D eigenvalue weighted by molar-refractivity contribution is 0.0953. The first-order valence-electron chi connectivity index (χ1n) is 9.06. The lowest BCUT2D eigenvalue weighted by atomic mass is 10.1. The molecule has 0 saturated carbocycles. The molecule has 3 rings (SSSR count). The van der Waals surface area contributed by atoms with E-state index in [1.807, 2.05) is 19.1 Å². The fraction of sp³-hybridized carbons (Fsp3) is 0.227. The molecule has 1 aromatic heterocycles. The Hall–Kier alpha value is -3.15. The number of carbonyl (C=O) groups excluding carboxylic acids is 1. The van der Waals surface area contributed by atoms with Gasteiger partial charge < -0.3 is 14.6 Å². The summed E-state index contributed by atoms with van der Waals surface area (Å²) in [6.07, 6.45) is 0.809. The van der Waals surface area contributed by atoms with E-state index < -0.39 is 11.6 Å². The Morgan fingerprint density at radius 1 is 1.11 bits per heavy atom. The number of aromatic nitrogens is 1. The van der Waals surface area contributed by atoms with Crippen molar-refractivity contribution in [3.05, 3.63) is 71.4 Å². The van der Waals surface area contributed by atoms with Gasteiger partial charge in [-0.3, -0.25) is 4.79 Å². The number of nitrogens with one attached hydrogen (secondary N) is 1. The Morgan fingerprint density at radius 2 is 1.82 bits per heavy atom. The van der Waals surface area contributed by atoms with Crippen LogP contribution in [-0.4, -0.2) is 24.1 Å². The summed E-state index contributed by atoms with van der Waals surface area (Å²) >= 11 is 0. The van der Waals surface area contributed by atoms with Gasteiger partial charge in [-0.25, -0.2) is 8.78 Å². The highest BCUT2D eigenvalue weighted by Crippen LogP contribution is 2.31. The van der Waals surface area contributed by atoms with Crippen LogP contribution in [0.4, 0.5) is 8.78 Å². The molecule has 1 amide bonds. The van der Waals surface area contributed by atoms with E-state index in [1.165, 1.54) is 12.1 Å². The molecule has 0 fully saturated rings. The molecule has 28 heavy (non-hydrogen) atoms. The minimum Gasteiger partial charge on any atom is -0.497 e. The third kappa shape index (κ3) is 3.76. The Morgan fingerprint density at radius 3 is 2.43 bits per heavy atom. The predicted molar refractivity (Wildman–Crippen MR) is 105 cm³/mol. The zero-order valence-electron chi connectivity index (χ0n) is 16.1. The van der Waals surface area contributed by atoms with Crippen LogP contribution < -0.4 is 10.1 Å². The number of hydrogen-bond acceptors (Lipinski definition) is 2. The van der Waals surface area contributed by atoms with Gasteiger partial charge in [-0.2, -0.15) is 0 Å². The van der Waals surface area contributed by atoms with E-state index >= 15 is 0 Å². The van der Waals surface area contributed by atoms with Crippen molar-refractivity contribution in [3.63, 3.8) is 0 Å². The fourth-order valence-electron chi connectivity index (χ4n) is 3.12. The number of methoxy groups -OCH3 is 1. The largest absolute Gasteiger partial charge is 0.497 e. The first-order valence-corrected chi connectivity index (χ1v) is 9.06. The molecule has 0 spiro atoms. The number of benzene rings is 2. The van der Waals surface area contributed by atoms with Gasteiger partial charge in [0.1, 0.15) is 17.4 Å². The van der Waals surface area contributed by atoms with Crippen LogP contribution >= 0.6 is 0 Å². The number of carbonyl (C=O) groups is 1. The van der Waals surface area contributed by atoms with Crippen molar-refractivity contribution in [2.24, 2.45) is 0 Å². The van der Waals surface area contributed by atoms with Crippen molar-refractivity contribution in [2.75, 3.05) is 13.7 Å². The zero-order valence-corrected chi connectivity index (χ0v) is 16.1. The van der Waals surface area contributed by atoms with Gasteiger partial charge >= 0.3 is 0 Å². The van der Waals surface area contributed by atoms with Gasteiger partial charge in [-0.15, -0.1) is 0 Å². The van der Waals surface area contributed by atoms with Crippen LogP contribution in [0.25, 0.3) is 16.9 Å². The third-order valence-electron chi connectivity index (χ3n) is 4.56. The van der Waals surface area contributed by atoms with Crippen molar-refractivity contribution in [1.82, 2.24) is 9.88 Å².